The fraction of sp³-hybridized carbons (Fsp3) is 0.577. The lowest BCUT2D eigenvalue weighted by Gasteiger charge is -2.32. The van der Waals surface area contributed by atoms with E-state index in [1.54, 1.807) is 6.20 Å². The van der Waals surface area contributed by atoms with Crippen LogP contribution in [-0.4, -0.2) is 53.0 Å². The summed E-state index contributed by atoms with van der Waals surface area (Å²) in [4.78, 5) is 25.8. The number of carbonyl (C=O) groups is 1. The molecular formula is C26H38N6O. The van der Waals surface area contributed by atoms with Gasteiger partial charge in [0.2, 0.25) is 0 Å². The smallest absolute Gasteiger partial charge is 0.271 e. The first-order valence-corrected chi connectivity index (χ1v) is 12.7. The number of primary amides is 1. The number of anilines is 3. The minimum Gasteiger partial charge on any atom is -0.364 e. The highest BCUT2D eigenvalue weighted by Gasteiger charge is 2.32. The van der Waals surface area contributed by atoms with Crippen molar-refractivity contribution in [1.29, 1.82) is 0 Å². The number of benzene rings is 1. The Labute approximate surface area is 197 Å². The van der Waals surface area contributed by atoms with E-state index in [0.717, 1.165) is 43.5 Å². The number of nitrogens with zero attached hydrogens (tertiary/aromatic N) is 4. The molecule has 3 fully saturated rings. The monoisotopic (exact) mass is 450 g/mol. The van der Waals surface area contributed by atoms with Crippen LogP contribution < -0.4 is 16.0 Å². The van der Waals surface area contributed by atoms with Gasteiger partial charge in [-0.1, -0.05) is 26.0 Å². The lowest BCUT2D eigenvalue weighted by molar-refractivity contribution is 0.0996. The number of hydrogen-bond acceptors (Lipinski definition) is 6. The molecule has 1 aromatic heterocycles. The van der Waals surface area contributed by atoms with E-state index in [9.17, 15) is 4.79 Å². The summed E-state index contributed by atoms with van der Waals surface area (Å²) in [7, 11) is 0. The van der Waals surface area contributed by atoms with Crippen molar-refractivity contribution < 1.29 is 4.79 Å². The summed E-state index contributed by atoms with van der Waals surface area (Å²) in [5.41, 5.74) is 8.02. The van der Waals surface area contributed by atoms with Gasteiger partial charge in [-0.25, -0.2) is 9.97 Å². The van der Waals surface area contributed by atoms with Crippen molar-refractivity contribution in [2.45, 2.75) is 70.8 Å². The molecule has 3 N–H and O–H groups in total. The van der Waals surface area contributed by atoms with E-state index < -0.39 is 5.91 Å². The largest absolute Gasteiger partial charge is 0.364 e. The van der Waals surface area contributed by atoms with Crippen LogP contribution in [0.25, 0.3) is 0 Å². The first-order chi connectivity index (χ1) is 16.2. The molecule has 1 saturated carbocycles. The first-order valence-electron chi connectivity index (χ1n) is 12.7. The molecule has 0 unspecified atom stereocenters. The van der Waals surface area contributed by atoms with E-state index in [-0.39, 0.29) is 5.69 Å². The molecule has 178 valence electrons. The SMILES string of the molecule is CC.NC(=O)c1ncc(N2CCCCC2)nc1Nc1ccc(C2CCN(C3CC3)CC2)cc1. The molecule has 0 atom stereocenters. The Morgan fingerprint density at radius 2 is 1.64 bits per heavy atom. The van der Waals surface area contributed by atoms with Gasteiger partial charge in [0.05, 0.1) is 6.20 Å². The molecule has 3 heterocycles. The second-order valence-electron chi connectivity index (χ2n) is 9.13. The normalized spacial score (nSPS) is 19.5. The predicted molar refractivity (Wildman–Crippen MR) is 134 cm³/mol. The minimum absolute atomic E-state index is 0.178. The van der Waals surface area contributed by atoms with Crippen molar-refractivity contribution in [1.82, 2.24) is 14.9 Å². The van der Waals surface area contributed by atoms with Crippen molar-refractivity contribution in [2.75, 3.05) is 36.4 Å². The van der Waals surface area contributed by atoms with Crippen LogP contribution in [0.1, 0.15) is 80.8 Å². The van der Waals surface area contributed by atoms with Crippen molar-refractivity contribution >= 4 is 23.2 Å². The van der Waals surface area contributed by atoms with Crippen molar-refractivity contribution in [3.63, 3.8) is 0 Å². The molecule has 7 nitrogen and oxygen atoms in total. The van der Waals surface area contributed by atoms with Crippen molar-refractivity contribution in [3.05, 3.63) is 41.7 Å². The third-order valence-electron chi connectivity index (χ3n) is 6.91. The molecule has 0 spiro atoms. The third-order valence-corrected chi connectivity index (χ3v) is 6.91. The molecule has 2 aromatic rings. The van der Waals surface area contributed by atoms with Gasteiger partial charge in [0.25, 0.3) is 5.91 Å². The van der Waals surface area contributed by atoms with Crippen LogP contribution in [0, 0.1) is 0 Å². The molecule has 3 aliphatic rings. The number of likely N-dealkylation sites (tertiary alicyclic amines) is 1. The van der Waals surface area contributed by atoms with Gasteiger partial charge in [-0.15, -0.1) is 0 Å². The van der Waals surface area contributed by atoms with E-state index in [4.69, 9.17) is 10.7 Å². The van der Waals surface area contributed by atoms with Crippen LogP contribution in [0.4, 0.5) is 17.3 Å². The summed E-state index contributed by atoms with van der Waals surface area (Å²) in [6.07, 6.45) is 10.5. The zero-order chi connectivity index (χ0) is 23.2. The topological polar surface area (TPSA) is 87.4 Å². The molecule has 33 heavy (non-hydrogen) atoms. The number of carbonyl (C=O) groups excluding carboxylic acids is 1. The number of aromatic nitrogens is 2. The highest BCUT2D eigenvalue weighted by Crippen LogP contribution is 2.35. The molecule has 7 heteroatoms. The highest BCUT2D eigenvalue weighted by atomic mass is 16.1. The summed E-state index contributed by atoms with van der Waals surface area (Å²) in [6, 6.07) is 9.41. The van der Waals surface area contributed by atoms with E-state index in [0.29, 0.717) is 11.7 Å². The van der Waals surface area contributed by atoms with Crippen LogP contribution >= 0.6 is 0 Å². The maximum absolute atomic E-state index is 11.9. The molecular weight excluding hydrogens is 412 g/mol. The quantitative estimate of drug-likeness (QED) is 0.665. The van der Waals surface area contributed by atoms with Gasteiger partial charge >= 0.3 is 0 Å². The van der Waals surface area contributed by atoms with E-state index >= 15 is 0 Å². The number of nitrogens with two attached hydrogens (primary N) is 1. The Kier molecular flexibility index (Phi) is 7.81. The fourth-order valence-electron chi connectivity index (χ4n) is 4.94. The second kappa shape index (κ2) is 11.0. The lowest BCUT2D eigenvalue weighted by Crippen LogP contribution is -2.34. The van der Waals surface area contributed by atoms with E-state index in [1.807, 2.05) is 13.8 Å². The summed E-state index contributed by atoms with van der Waals surface area (Å²) in [5, 5.41) is 3.28. The van der Waals surface area contributed by atoms with Gasteiger partial charge < -0.3 is 20.9 Å². The van der Waals surface area contributed by atoms with Gasteiger partial charge in [-0.3, -0.25) is 4.79 Å². The van der Waals surface area contributed by atoms with E-state index in [2.05, 4.69) is 44.4 Å². The third kappa shape index (κ3) is 5.82. The van der Waals surface area contributed by atoms with Gasteiger partial charge in [-0.2, -0.15) is 0 Å². The van der Waals surface area contributed by atoms with Crippen LogP contribution in [0.3, 0.4) is 0 Å². The average molecular weight is 451 g/mol. The molecule has 0 radical (unpaired) electrons. The number of hydrogen-bond donors (Lipinski definition) is 2. The molecule has 5 rings (SSSR count). The standard InChI is InChI=1S/C24H32N6O.C2H6/c25-23(31)22-24(28-21(16-26-22)30-12-2-1-3-13-30)27-19-6-4-17(5-7-19)18-10-14-29(15-11-18)20-8-9-20;1-2/h4-7,16,18,20H,1-3,8-15H2,(H2,25,31)(H,27,28);1-2H3. The molecule has 1 amide bonds. The van der Waals surface area contributed by atoms with Gasteiger partial charge in [-0.05, 0) is 81.6 Å². The van der Waals surface area contributed by atoms with Crippen LogP contribution in [0.2, 0.25) is 0 Å². The van der Waals surface area contributed by atoms with Gasteiger partial charge in [0.15, 0.2) is 11.5 Å². The zero-order valence-electron chi connectivity index (χ0n) is 20.1. The average Bonchev–Trinajstić information content (AvgIpc) is 3.72. The minimum atomic E-state index is -0.570. The Hall–Kier alpha value is -2.67. The second-order valence-corrected chi connectivity index (χ2v) is 9.13. The Morgan fingerprint density at radius 3 is 2.24 bits per heavy atom. The summed E-state index contributed by atoms with van der Waals surface area (Å²) < 4.78 is 0. The van der Waals surface area contributed by atoms with E-state index in [1.165, 1.54) is 50.8 Å². The Balaban J connectivity index is 0.00000126. The van der Waals surface area contributed by atoms with Crippen molar-refractivity contribution in [2.24, 2.45) is 5.73 Å². The lowest BCUT2D eigenvalue weighted by atomic mass is 9.89. The molecule has 1 aromatic carbocycles. The van der Waals surface area contributed by atoms with Crippen LogP contribution in [0.15, 0.2) is 30.5 Å². The fourth-order valence-corrected chi connectivity index (χ4v) is 4.94. The van der Waals surface area contributed by atoms with Crippen LogP contribution in [0.5, 0.6) is 0 Å². The molecule has 2 aliphatic heterocycles. The molecule has 1 aliphatic carbocycles. The van der Waals surface area contributed by atoms with Gasteiger partial charge in [0.1, 0.15) is 5.82 Å². The Bertz CT molecular complexity index is 913. The van der Waals surface area contributed by atoms with Gasteiger partial charge in [0, 0.05) is 24.8 Å². The molecule has 0 bridgehead atoms. The van der Waals surface area contributed by atoms with Crippen molar-refractivity contribution in [3.8, 4) is 0 Å². The highest BCUT2D eigenvalue weighted by molar-refractivity contribution is 5.96. The Morgan fingerprint density at radius 1 is 0.970 bits per heavy atom. The summed E-state index contributed by atoms with van der Waals surface area (Å²) in [6.45, 7) is 8.38. The number of piperidine rings is 2. The summed E-state index contributed by atoms with van der Waals surface area (Å²) >= 11 is 0. The number of amides is 1. The number of nitrogens with one attached hydrogen (secondary N) is 1. The maximum atomic E-state index is 11.9. The predicted octanol–water partition coefficient (Wildman–Crippen LogP) is 4.68. The first kappa shape index (κ1) is 23.5. The zero-order valence-corrected chi connectivity index (χ0v) is 20.1. The summed E-state index contributed by atoms with van der Waals surface area (Å²) in [5.74, 6) is 1.29. The number of rotatable bonds is 6. The van der Waals surface area contributed by atoms with Crippen LogP contribution in [-0.2, 0) is 0 Å². The molecule has 2 saturated heterocycles. The maximum Gasteiger partial charge on any atom is 0.271 e.